The number of carbonyl (C=O) groups excluding carboxylic acids is 1. The molecular formula is C16H19FN4O. The van der Waals surface area contributed by atoms with Gasteiger partial charge >= 0.3 is 0 Å². The topological polar surface area (TPSA) is 72.9 Å². The van der Waals surface area contributed by atoms with Crippen molar-refractivity contribution in [1.29, 1.82) is 0 Å². The fourth-order valence-electron chi connectivity index (χ4n) is 2.83. The lowest BCUT2D eigenvalue weighted by Crippen LogP contribution is -2.36. The summed E-state index contributed by atoms with van der Waals surface area (Å²) >= 11 is 0. The zero-order chi connectivity index (χ0) is 15.5. The number of rotatable bonds is 3. The first-order valence-corrected chi connectivity index (χ1v) is 7.55. The molecule has 5 nitrogen and oxygen atoms in total. The van der Waals surface area contributed by atoms with Gasteiger partial charge in [0, 0.05) is 6.04 Å². The molecule has 1 amide bonds. The predicted molar refractivity (Wildman–Crippen MR) is 82.3 cm³/mol. The quantitative estimate of drug-likeness (QED) is 0.915. The first-order valence-electron chi connectivity index (χ1n) is 7.55. The van der Waals surface area contributed by atoms with E-state index in [9.17, 15) is 9.18 Å². The normalized spacial score (nSPS) is 15.7. The van der Waals surface area contributed by atoms with Gasteiger partial charge in [-0.1, -0.05) is 19.3 Å². The van der Waals surface area contributed by atoms with E-state index in [2.05, 4.69) is 10.4 Å². The highest BCUT2D eigenvalue weighted by molar-refractivity contribution is 5.98. The Morgan fingerprint density at radius 2 is 1.91 bits per heavy atom. The lowest BCUT2D eigenvalue weighted by molar-refractivity contribution is 0.0928. The van der Waals surface area contributed by atoms with E-state index in [0.717, 1.165) is 25.7 Å². The number of aromatic nitrogens is 2. The molecule has 0 saturated heterocycles. The monoisotopic (exact) mass is 302 g/mol. The van der Waals surface area contributed by atoms with Gasteiger partial charge in [-0.3, -0.25) is 4.79 Å². The van der Waals surface area contributed by atoms with Crippen molar-refractivity contribution < 1.29 is 9.18 Å². The summed E-state index contributed by atoms with van der Waals surface area (Å²) in [6.45, 7) is 0. The van der Waals surface area contributed by atoms with Crippen molar-refractivity contribution in [2.24, 2.45) is 0 Å². The van der Waals surface area contributed by atoms with E-state index in [-0.39, 0.29) is 23.6 Å². The lowest BCUT2D eigenvalue weighted by atomic mass is 9.95. The maximum Gasteiger partial charge on any atom is 0.256 e. The number of nitrogens with one attached hydrogen (secondary N) is 1. The van der Waals surface area contributed by atoms with E-state index >= 15 is 0 Å². The fourth-order valence-corrected chi connectivity index (χ4v) is 2.83. The summed E-state index contributed by atoms with van der Waals surface area (Å²) in [5.41, 5.74) is 7.00. The van der Waals surface area contributed by atoms with Gasteiger partial charge in [0.2, 0.25) is 0 Å². The van der Waals surface area contributed by atoms with Crippen molar-refractivity contribution in [1.82, 2.24) is 15.1 Å². The highest BCUT2D eigenvalue weighted by Crippen LogP contribution is 2.20. The summed E-state index contributed by atoms with van der Waals surface area (Å²) in [7, 11) is 0. The number of nitrogens with two attached hydrogens (primary N) is 1. The molecule has 1 aliphatic carbocycles. The average Bonchev–Trinajstić information content (AvgIpc) is 2.91. The van der Waals surface area contributed by atoms with E-state index in [1.807, 2.05) is 0 Å². The van der Waals surface area contributed by atoms with Gasteiger partial charge in [0.15, 0.2) is 0 Å². The van der Waals surface area contributed by atoms with Gasteiger partial charge in [-0.15, -0.1) is 0 Å². The summed E-state index contributed by atoms with van der Waals surface area (Å²) in [6.07, 6.45) is 7.01. The molecule has 0 atom stereocenters. The number of halogens is 1. The third-order valence-electron chi connectivity index (χ3n) is 4.06. The Kier molecular flexibility index (Phi) is 4.09. The van der Waals surface area contributed by atoms with Gasteiger partial charge in [0.05, 0.1) is 11.9 Å². The summed E-state index contributed by atoms with van der Waals surface area (Å²) in [5, 5.41) is 7.16. The van der Waals surface area contributed by atoms with Crippen LogP contribution in [0.1, 0.15) is 42.5 Å². The molecule has 1 fully saturated rings. The third-order valence-corrected chi connectivity index (χ3v) is 4.06. The lowest BCUT2D eigenvalue weighted by Gasteiger charge is -2.22. The summed E-state index contributed by atoms with van der Waals surface area (Å²) in [5.74, 6) is -0.262. The molecule has 1 aromatic carbocycles. The fraction of sp³-hybridized carbons (Fsp3) is 0.375. The van der Waals surface area contributed by atoms with Crippen LogP contribution in [0.25, 0.3) is 5.69 Å². The molecule has 1 aliphatic rings. The van der Waals surface area contributed by atoms with E-state index in [0.29, 0.717) is 11.3 Å². The first-order chi connectivity index (χ1) is 10.6. The van der Waals surface area contributed by atoms with Crippen molar-refractivity contribution in [3.63, 3.8) is 0 Å². The van der Waals surface area contributed by atoms with Crippen LogP contribution in [-0.2, 0) is 0 Å². The predicted octanol–water partition coefficient (Wildman–Crippen LogP) is 2.66. The Bertz CT molecular complexity index is 659. The summed E-state index contributed by atoms with van der Waals surface area (Å²) in [6, 6.07) is 6.02. The van der Waals surface area contributed by atoms with Gasteiger partial charge in [-0.2, -0.15) is 5.10 Å². The van der Waals surface area contributed by atoms with Crippen molar-refractivity contribution in [3.8, 4) is 5.69 Å². The van der Waals surface area contributed by atoms with Crippen LogP contribution in [-0.4, -0.2) is 21.7 Å². The van der Waals surface area contributed by atoms with Crippen molar-refractivity contribution >= 4 is 11.7 Å². The number of amides is 1. The van der Waals surface area contributed by atoms with Crippen LogP contribution < -0.4 is 11.1 Å². The molecule has 3 rings (SSSR count). The smallest absolute Gasteiger partial charge is 0.256 e. The molecule has 1 aromatic heterocycles. The van der Waals surface area contributed by atoms with Crippen molar-refractivity contribution in [3.05, 3.63) is 41.8 Å². The first kappa shape index (κ1) is 14.6. The molecule has 3 N–H and O–H groups in total. The molecule has 1 heterocycles. The van der Waals surface area contributed by atoms with Crippen molar-refractivity contribution in [2.45, 2.75) is 38.1 Å². The van der Waals surface area contributed by atoms with Crippen LogP contribution in [0.3, 0.4) is 0 Å². The Balaban J connectivity index is 1.77. The highest BCUT2D eigenvalue weighted by Gasteiger charge is 2.20. The molecule has 1 saturated carbocycles. The molecule has 0 spiro atoms. The average molecular weight is 302 g/mol. The van der Waals surface area contributed by atoms with E-state index in [1.165, 1.54) is 29.4 Å². The second-order valence-electron chi connectivity index (χ2n) is 5.64. The Labute approximate surface area is 128 Å². The largest absolute Gasteiger partial charge is 0.383 e. The SMILES string of the molecule is Nc1c(C(=O)NC2CCCCC2)cnn1-c1ccc(F)cc1. The molecule has 22 heavy (non-hydrogen) atoms. The summed E-state index contributed by atoms with van der Waals surface area (Å²) < 4.78 is 14.4. The number of benzene rings is 1. The van der Waals surface area contributed by atoms with Crippen LogP contribution >= 0.6 is 0 Å². The van der Waals surface area contributed by atoms with E-state index in [4.69, 9.17) is 5.73 Å². The minimum atomic E-state index is -0.329. The minimum Gasteiger partial charge on any atom is -0.383 e. The third kappa shape index (κ3) is 2.95. The van der Waals surface area contributed by atoms with Crippen LogP contribution in [0, 0.1) is 5.82 Å². The number of nitrogen functional groups attached to an aromatic ring is 1. The Hall–Kier alpha value is -2.37. The molecule has 2 aromatic rings. The van der Waals surface area contributed by atoms with Crippen LogP contribution in [0.5, 0.6) is 0 Å². The molecule has 0 radical (unpaired) electrons. The number of hydrogen-bond donors (Lipinski definition) is 2. The molecular weight excluding hydrogens is 283 g/mol. The maximum absolute atomic E-state index is 13.0. The van der Waals surface area contributed by atoms with Gasteiger partial charge in [0.25, 0.3) is 5.91 Å². The Morgan fingerprint density at radius 1 is 1.23 bits per heavy atom. The second-order valence-corrected chi connectivity index (χ2v) is 5.64. The van der Waals surface area contributed by atoms with Gasteiger partial charge in [0.1, 0.15) is 17.2 Å². The van der Waals surface area contributed by atoms with Crippen molar-refractivity contribution in [2.75, 3.05) is 5.73 Å². The zero-order valence-electron chi connectivity index (χ0n) is 12.3. The van der Waals surface area contributed by atoms with Gasteiger partial charge in [-0.05, 0) is 37.1 Å². The summed E-state index contributed by atoms with van der Waals surface area (Å²) in [4.78, 5) is 12.3. The number of hydrogen-bond acceptors (Lipinski definition) is 3. The molecule has 0 bridgehead atoms. The number of carbonyl (C=O) groups is 1. The van der Waals surface area contributed by atoms with Crippen LogP contribution in [0.4, 0.5) is 10.2 Å². The molecule has 0 aliphatic heterocycles. The minimum absolute atomic E-state index is 0.197. The van der Waals surface area contributed by atoms with Crippen LogP contribution in [0.2, 0.25) is 0 Å². The molecule has 0 unspecified atom stereocenters. The van der Waals surface area contributed by atoms with E-state index < -0.39 is 0 Å². The Morgan fingerprint density at radius 3 is 2.59 bits per heavy atom. The number of anilines is 1. The number of nitrogens with zero attached hydrogens (tertiary/aromatic N) is 2. The van der Waals surface area contributed by atoms with Gasteiger partial charge in [-0.25, -0.2) is 9.07 Å². The maximum atomic E-state index is 13.0. The van der Waals surface area contributed by atoms with Gasteiger partial charge < -0.3 is 11.1 Å². The standard InChI is InChI=1S/C16H19FN4O/c17-11-6-8-13(9-7-11)21-15(18)14(10-19-21)16(22)20-12-4-2-1-3-5-12/h6-10,12H,1-5,18H2,(H,20,22). The molecule has 6 heteroatoms. The van der Waals surface area contributed by atoms with E-state index in [1.54, 1.807) is 12.1 Å². The zero-order valence-corrected chi connectivity index (χ0v) is 12.3. The second kappa shape index (κ2) is 6.17. The molecule has 116 valence electrons. The van der Waals surface area contributed by atoms with Crippen LogP contribution in [0.15, 0.2) is 30.5 Å². The highest BCUT2D eigenvalue weighted by atomic mass is 19.1.